The molecule has 118 valence electrons. The van der Waals surface area contributed by atoms with Crippen LogP contribution in [-0.2, 0) is 0 Å². The fraction of sp³-hybridized carbons (Fsp3) is 0.571. The summed E-state index contributed by atoms with van der Waals surface area (Å²) in [6.45, 7) is 0.164. The van der Waals surface area contributed by atoms with E-state index >= 15 is 0 Å². The summed E-state index contributed by atoms with van der Waals surface area (Å²) in [7, 11) is 0. The van der Waals surface area contributed by atoms with Gasteiger partial charge in [-0.15, -0.1) is 0 Å². The molecule has 2 N–H and O–H groups in total. The normalized spacial score (nSPS) is 23.0. The quantitative estimate of drug-likeness (QED) is 0.820. The van der Waals surface area contributed by atoms with E-state index in [9.17, 15) is 27.1 Å². The number of rotatable bonds is 4. The molecule has 1 aliphatic carbocycles. The van der Waals surface area contributed by atoms with Crippen molar-refractivity contribution in [2.45, 2.75) is 37.5 Å². The van der Waals surface area contributed by atoms with Gasteiger partial charge in [0.1, 0.15) is 0 Å². The van der Waals surface area contributed by atoms with E-state index in [1.165, 1.54) is 24.3 Å². The first-order chi connectivity index (χ1) is 9.69. The minimum atomic E-state index is -4.77. The molecule has 0 aliphatic heterocycles. The first kappa shape index (κ1) is 16.0. The van der Waals surface area contributed by atoms with Gasteiger partial charge in [-0.3, -0.25) is 0 Å². The predicted molar refractivity (Wildman–Crippen MR) is 68.2 cm³/mol. The Kier molecular flexibility index (Phi) is 4.41. The summed E-state index contributed by atoms with van der Waals surface area (Å²) in [4.78, 5) is 0. The summed E-state index contributed by atoms with van der Waals surface area (Å²) in [6.07, 6.45) is -7.47. The van der Waals surface area contributed by atoms with Crippen LogP contribution in [0.15, 0.2) is 24.3 Å². The van der Waals surface area contributed by atoms with Gasteiger partial charge in [0.25, 0.3) is 0 Å². The van der Waals surface area contributed by atoms with Crippen molar-refractivity contribution < 1.29 is 27.1 Å². The van der Waals surface area contributed by atoms with E-state index < -0.39 is 18.2 Å². The molecule has 0 amide bonds. The Morgan fingerprint density at radius 1 is 1.29 bits per heavy atom. The van der Waals surface area contributed by atoms with Crippen molar-refractivity contribution in [3.63, 3.8) is 0 Å². The van der Waals surface area contributed by atoms with E-state index in [4.69, 9.17) is 0 Å². The number of hydrogen-bond donors (Lipinski definition) is 2. The molecular weight excluding hydrogens is 293 g/mol. The van der Waals surface area contributed by atoms with E-state index in [-0.39, 0.29) is 36.6 Å². The molecule has 0 heterocycles. The number of halogens is 5. The molecule has 1 fully saturated rings. The summed E-state index contributed by atoms with van der Waals surface area (Å²) in [5.74, 6) is -2.96. The SMILES string of the molecule is OC(c1ccccc1NCC1CCC(F)(F)C1)C(F)(F)F. The van der Waals surface area contributed by atoms with Crippen LogP contribution in [0.1, 0.15) is 30.9 Å². The van der Waals surface area contributed by atoms with Crippen molar-refractivity contribution in [3.05, 3.63) is 29.8 Å². The molecule has 1 aromatic carbocycles. The highest BCUT2D eigenvalue weighted by molar-refractivity contribution is 5.52. The van der Waals surface area contributed by atoms with Gasteiger partial charge in [0, 0.05) is 30.6 Å². The van der Waals surface area contributed by atoms with Gasteiger partial charge in [0.05, 0.1) is 0 Å². The standard InChI is InChI=1S/C14H16F5NO/c15-13(16)6-5-9(7-13)8-20-11-4-2-1-3-10(11)12(21)14(17,18)19/h1-4,9,12,20-21H,5-8H2. The average Bonchev–Trinajstić information content (AvgIpc) is 2.74. The van der Waals surface area contributed by atoms with Crippen LogP contribution in [0, 0.1) is 5.92 Å². The van der Waals surface area contributed by atoms with Gasteiger partial charge in [-0.05, 0) is 18.4 Å². The molecule has 2 rings (SSSR count). The molecule has 0 radical (unpaired) electrons. The first-order valence-electron chi connectivity index (χ1n) is 6.64. The van der Waals surface area contributed by atoms with Crippen LogP contribution < -0.4 is 5.32 Å². The molecular formula is C14H16F5NO. The van der Waals surface area contributed by atoms with Crippen molar-refractivity contribution in [1.82, 2.24) is 0 Å². The number of aliphatic hydroxyl groups excluding tert-OH is 1. The summed E-state index contributed by atoms with van der Waals surface area (Å²) in [5, 5.41) is 12.1. The number of hydrogen-bond acceptors (Lipinski definition) is 2. The highest BCUT2D eigenvalue weighted by atomic mass is 19.4. The Hall–Kier alpha value is -1.37. The lowest BCUT2D eigenvalue weighted by Gasteiger charge is -2.20. The van der Waals surface area contributed by atoms with Crippen LogP contribution in [0.4, 0.5) is 27.6 Å². The minimum Gasteiger partial charge on any atom is -0.384 e. The number of para-hydroxylation sites is 1. The van der Waals surface area contributed by atoms with Crippen LogP contribution >= 0.6 is 0 Å². The summed E-state index contributed by atoms with van der Waals surface area (Å²) in [6, 6.07) is 5.48. The van der Waals surface area contributed by atoms with Gasteiger partial charge >= 0.3 is 6.18 Å². The molecule has 0 bridgehead atoms. The van der Waals surface area contributed by atoms with Gasteiger partial charge in [-0.25, -0.2) is 8.78 Å². The second-order valence-electron chi connectivity index (χ2n) is 5.38. The topological polar surface area (TPSA) is 32.3 Å². The van der Waals surface area contributed by atoms with Crippen LogP contribution in [0.25, 0.3) is 0 Å². The van der Waals surface area contributed by atoms with Crippen molar-refractivity contribution >= 4 is 5.69 Å². The Labute approximate surface area is 119 Å². The van der Waals surface area contributed by atoms with Crippen molar-refractivity contribution in [1.29, 1.82) is 0 Å². The Balaban J connectivity index is 2.04. The molecule has 1 saturated carbocycles. The maximum Gasteiger partial charge on any atom is 0.418 e. The third-order valence-electron chi connectivity index (χ3n) is 3.65. The molecule has 0 aromatic heterocycles. The first-order valence-corrected chi connectivity index (χ1v) is 6.64. The Bertz CT molecular complexity index is 488. The zero-order valence-corrected chi connectivity index (χ0v) is 11.1. The van der Waals surface area contributed by atoms with Gasteiger partial charge in [-0.1, -0.05) is 18.2 Å². The molecule has 0 spiro atoms. The average molecular weight is 309 g/mol. The van der Waals surface area contributed by atoms with E-state index in [1.54, 1.807) is 0 Å². The lowest BCUT2D eigenvalue weighted by atomic mass is 10.0. The lowest BCUT2D eigenvalue weighted by Crippen LogP contribution is -2.22. The number of benzene rings is 1. The van der Waals surface area contributed by atoms with Crippen molar-refractivity contribution in [3.8, 4) is 0 Å². The van der Waals surface area contributed by atoms with Crippen LogP contribution in [0.3, 0.4) is 0 Å². The molecule has 7 heteroatoms. The van der Waals surface area contributed by atoms with Gasteiger partial charge in [0.2, 0.25) is 5.92 Å². The third kappa shape index (κ3) is 4.06. The van der Waals surface area contributed by atoms with E-state index in [0.717, 1.165) is 0 Å². The fourth-order valence-corrected chi connectivity index (χ4v) is 2.54. The molecule has 0 saturated heterocycles. The van der Waals surface area contributed by atoms with Gasteiger partial charge < -0.3 is 10.4 Å². The van der Waals surface area contributed by atoms with Crippen LogP contribution in [0.2, 0.25) is 0 Å². The molecule has 2 unspecified atom stereocenters. The minimum absolute atomic E-state index is 0.123. The largest absolute Gasteiger partial charge is 0.418 e. The number of nitrogens with one attached hydrogen (secondary N) is 1. The van der Waals surface area contributed by atoms with Crippen molar-refractivity contribution in [2.24, 2.45) is 5.92 Å². The maximum atomic E-state index is 13.1. The Morgan fingerprint density at radius 3 is 2.52 bits per heavy atom. The number of alkyl halides is 5. The highest BCUT2D eigenvalue weighted by Crippen LogP contribution is 2.40. The van der Waals surface area contributed by atoms with Crippen molar-refractivity contribution in [2.75, 3.05) is 11.9 Å². The highest BCUT2D eigenvalue weighted by Gasteiger charge is 2.41. The zero-order valence-electron chi connectivity index (χ0n) is 11.1. The molecule has 1 aliphatic rings. The second kappa shape index (κ2) is 5.79. The number of anilines is 1. The molecule has 2 nitrogen and oxygen atoms in total. The predicted octanol–water partition coefficient (Wildman–Crippen LogP) is 4.13. The van der Waals surface area contributed by atoms with Gasteiger partial charge in [-0.2, -0.15) is 13.2 Å². The van der Waals surface area contributed by atoms with Gasteiger partial charge in [0.15, 0.2) is 6.10 Å². The van der Waals surface area contributed by atoms with E-state index in [2.05, 4.69) is 5.32 Å². The fourth-order valence-electron chi connectivity index (χ4n) is 2.54. The Morgan fingerprint density at radius 2 is 1.95 bits per heavy atom. The van der Waals surface area contributed by atoms with E-state index in [0.29, 0.717) is 6.42 Å². The summed E-state index contributed by atoms with van der Waals surface area (Å²) >= 11 is 0. The molecule has 2 atom stereocenters. The van der Waals surface area contributed by atoms with Crippen LogP contribution in [-0.4, -0.2) is 23.8 Å². The maximum absolute atomic E-state index is 13.1. The molecule has 1 aromatic rings. The second-order valence-corrected chi connectivity index (χ2v) is 5.38. The summed E-state index contributed by atoms with van der Waals surface area (Å²) < 4.78 is 63.9. The smallest absolute Gasteiger partial charge is 0.384 e. The zero-order chi connectivity index (χ0) is 15.7. The lowest BCUT2D eigenvalue weighted by molar-refractivity contribution is -0.206. The summed E-state index contributed by atoms with van der Waals surface area (Å²) in [5.41, 5.74) is -0.174. The van der Waals surface area contributed by atoms with E-state index in [1.807, 2.05) is 0 Å². The molecule has 21 heavy (non-hydrogen) atoms. The number of aliphatic hydroxyl groups is 1. The third-order valence-corrected chi connectivity index (χ3v) is 3.65. The monoisotopic (exact) mass is 309 g/mol. The van der Waals surface area contributed by atoms with Crippen LogP contribution in [0.5, 0.6) is 0 Å².